The highest BCUT2D eigenvalue weighted by atomic mass is 16.2. The van der Waals surface area contributed by atoms with E-state index in [-0.39, 0.29) is 18.0 Å². The molecular weight excluding hydrogens is 194 g/mol. The molecule has 3 amide bonds. The molecule has 0 saturated heterocycles. The molecule has 5 heteroatoms. The Hall–Kier alpha value is -1.26. The molecule has 0 radical (unpaired) electrons. The standard InChI is InChI=1S/C10H21N3O2/c1-5-13(4)10(15)11-7-6-9(14)12-8(2)3/h8H,5-7H2,1-4H3,(H,11,15)(H,12,14). The largest absolute Gasteiger partial charge is 0.354 e. The van der Waals surface area contributed by atoms with Crippen LogP contribution in [0.3, 0.4) is 0 Å². The van der Waals surface area contributed by atoms with Crippen LogP contribution in [0.25, 0.3) is 0 Å². The second-order valence-corrected chi connectivity index (χ2v) is 3.72. The van der Waals surface area contributed by atoms with Gasteiger partial charge in [0, 0.05) is 32.6 Å². The van der Waals surface area contributed by atoms with E-state index in [0.29, 0.717) is 19.5 Å². The topological polar surface area (TPSA) is 61.4 Å². The fourth-order valence-corrected chi connectivity index (χ4v) is 0.956. The van der Waals surface area contributed by atoms with E-state index in [1.807, 2.05) is 20.8 Å². The molecular formula is C10H21N3O2. The zero-order chi connectivity index (χ0) is 11.8. The summed E-state index contributed by atoms with van der Waals surface area (Å²) in [6, 6.07) is 0.00126. The lowest BCUT2D eigenvalue weighted by molar-refractivity contribution is -0.121. The maximum atomic E-state index is 11.3. The lowest BCUT2D eigenvalue weighted by atomic mass is 10.3. The van der Waals surface area contributed by atoms with E-state index in [4.69, 9.17) is 0 Å². The molecule has 5 nitrogen and oxygen atoms in total. The maximum absolute atomic E-state index is 11.3. The van der Waals surface area contributed by atoms with Gasteiger partial charge in [0.05, 0.1) is 0 Å². The van der Waals surface area contributed by atoms with E-state index in [2.05, 4.69) is 10.6 Å². The van der Waals surface area contributed by atoms with Gasteiger partial charge in [-0.15, -0.1) is 0 Å². The third-order valence-electron chi connectivity index (χ3n) is 1.90. The lowest BCUT2D eigenvalue weighted by Crippen LogP contribution is -2.39. The molecule has 0 rings (SSSR count). The summed E-state index contributed by atoms with van der Waals surface area (Å²) in [4.78, 5) is 24.0. The van der Waals surface area contributed by atoms with Gasteiger partial charge in [-0.25, -0.2) is 4.79 Å². The van der Waals surface area contributed by atoms with Crippen LogP contribution >= 0.6 is 0 Å². The molecule has 0 unspecified atom stereocenters. The number of nitrogens with one attached hydrogen (secondary N) is 2. The average molecular weight is 215 g/mol. The molecule has 0 heterocycles. The highest BCUT2D eigenvalue weighted by Gasteiger charge is 2.07. The number of carbonyl (C=O) groups excluding carboxylic acids is 2. The van der Waals surface area contributed by atoms with Crippen molar-refractivity contribution >= 4 is 11.9 Å². The van der Waals surface area contributed by atoms with E-state index in [0.717, 1.165) is 0 Å². The normalized spacial score (nSPS) is 9.93. The van der Waals surface area contributed by atoms with Crippen molar-refractivity contribution in [2.24, 2.45) is 0 Å². The average Bonchev–Trinajstić information content (AvgIpc) is 2.15. The van der Waals surface area contributed by atoms with Crippen molar-refractivity contribution in [3.63, 3.8) is 0 Å². The number of hydrogen-bond donors (Lipinski definition) is 2. The van der Waals surface area contributed by atoms with E-state index in [9.17, 15) is 9.59 Å². The van der Waals surface area contributed by atoms with Gasteiger partial charge in [0.25, 0.3) is 0 Å². The van der Waals surface area contributed by atoms with E-state index < -0.39 is 0 Å². The van der Waals surface area contributed by atoms with Gasteiger partial charge in [-0.1, -0.05) is 0 Å². The van der Waals surface area contributed by atoms with Crippen molar-refractivity contribution in [3.05, 3.63) is 0 Å². The first-order valence-corrected chi connectivity index (χ1v) is 5.25. The molecule has 0 bridgehead atoms. The number of amides is 3. The molecule has 0 atom stereocenters. The first-order chi connectivity index (χ1) is 6.97. The molecule has 0 fully saturated rings. The number of urea groups is 1. The van der Waals surface area contributed by atoms with Gasteiger partial charge >= 0.3 is 6.03 Å². The zero-order valence-corrected chi connectivity index (χ0v) is 9.96. The minimum Gasteiger partial charge on any atom is -0.354 e. The van der Waals surface area contributed by atoms with Crippen molar-refractivity contribution < 1.29 is 9.59 Å². The molecule has 0 saturated carbocycles. The Balaban J connectivity index is 3.61. The predicted molar refractivity (Wildman–Crippen MR) is 59.6 cm³/mol. The number of hydrogen-bond acceptors (Lipinski definition) is 2. The Morgan fingerprint density at radius 2 is 1.93 bits per heavy atom. The fraction of sp³-hybridized carbons (Fsp3) is 0.800. The summed E-state index contributed by atoms with van der Waals surface area (Å²) in [6.45, 7) is 6.74. The minimum atomic E-state index is -0.144. The van der Waals surface area contributed by atoms with Crippen LogP contribution in [-0.4, -0.2) is 43.0 Å². The smallest absolute Gasteiger partial charge is 0.317 e. The van der Waals surface area contributed by atoms with Crippen molar-refractivity contribution in [2.45, 2.75) is 33.2 Å². The highest BCUT2D eigenvalue weighted by Crippen LogP contribution is 1.85. The summed E-state index contributed by atoms with van der Waals surface area (Å²) in [6.07, 6.45) is 0.321. The summed E-state index contributed by atoms with van der Waals surface area (Å²) in [5.74, 6) is -0.0375. The molecule has 0 aliphatic carbocycles. The van der Waals surface area contributed by atoms with Crippen LogP contribution in [0.1, 0.15) is 27.2 Å². The van der Waals surface area contributed by atoms with Gasteiger partial charge in [0.1, 0.15) is 0 Å². The van der Waals surface area contributed by atoms with Crippen LogP contribution in [0, 0.1) is 0 Å². The summed E-state index contributed by atoms with van der Waals surface area (Å²) in [7, 11) is 1.71. The summed E-state index contributed by atoms with van der Waals surface area (Å²) < 4.78 is 0. The van der Waals surface area contributed by atoms with Gasteiger partial charge < -0.3 is 15.5 Å². The van der Waals surface area contributed by atoms with E-state index in [1.165, 1.54) is 0 Å². The Morgan fingerprint density at radius 3 is 2.40 bits per heavy atom. The second-order valence-electron chi connectivity index (χ2n) is 3.72. The third-order valence-corrected chi connectivity index (χ3v) is 1.90. The van der Waals surface area contributed by atoms with Crippen molar-refractivity contribution in [1.29, 1.82) is 0 Å². The summed E-state index contributed by atoms with van der Waals surface area (Å²) in [5, 5.41) is 5.42. The Morgan fingerprint density at radius 1 is 1.33 bits per heavy atom. The third kappa shape index (κ3) is 6.76. The lowest BCUT2D eigenvalue weighted by Gasteiger charge is -2.15. The predicted octanol–water partition coefficient (Wildman–Crippen LogP) is 0.562. The number of carbonyl (C=O) groups is 2. The van der Waals surface area contributed by atoms with E-state index >= 15 is 0 Å². The summed E-state index contributed by atoms with van der Waals surface area (Å²) >= 11 is 0. The molecule has 88 valence electrons. The van der Waals surface area contributed by atoms with E-state index in [1.54, 1.807) is 11.9 Å². The first-order valence-electron chi connectivity index (χ1n) is 5.25. The summed E-state index contributed by atoms with van der Waals surface area (Å²) in [5.41, 5.74) is 0. The highest BCUT2D eigenvalue weighted by molar-refractivity contribution is 5.78. The van der Waals surface area contributed by atoms with Crippen LogP contribution in [-0.2, 0) is 4.79 Å². The molecule has 2 N–H and O–H groups in total. The second kappa shape index (κ2) is 7.09. The van der Waals surface area contributed by atoms with Gasteiger partial charge in [0.15, 0.2) is 0 Å². The fourth-order valence-electron chi connectivity index (χ4n) is 0.956. The van der Waals surface area contributed by atoms with Crippen molar-refractivity contribution in [2.75, 3.05) is 20.1 Å². The molecule has 0 aromatic heterocycles. The van der Waals surface area contributed by atoms with Crippen LogP contribution in [0.2, 0.25) is 0 Å². The van der Waals surface area contributed by atoms with Crippen molar-refractivity contribution in [1.82, 2.24) is 15.5 Å². The molecule has 0 aromatic carbocycles. The van der Waals surface area contributed by atoms with Gasteiger partial charge in [0.2, 0.25) is 5.91 Å². The van der Waals surface area contributed by atoms with Crippen LogP contribution in [0.5, 0.6) is 0 Å². The van der Waals surface area contributed by atoms with Gasteiger partial charge in [-0.2, -0.15) is 0 Å². The molecule has 0 aromatic rings. The zero-order valence-electron chi connectivity index (χ0n) is 9.96. The van der Waals surface area contributed by atoms with Gasteiger partial charge in [-0.3, -0.25) is 4.79 Å². The molecule has 0 aliphatic rings. The monoisotopic (exact) mass is 215 g/mol. The Labute approximate surface area is 91.2 Å². The number of nitrogens with zero attached hydrogens (tertiary/aromatic N) is 1. The molecule has 0 spiro atoms. The Bertz CT molecular complexity index is 217. The van der Waals surface area contributed by atoms with Crippen molar-refractivity contribution in [3.8, 4) is 0 Å². The van der Waals surface area contributed by atoms with Crippen LogP contribution < -0.4 is 10.6 Å². The minimum absolute atomic E-state index is 0.0375. The molecule has 15 heavy (non-hydrogen) atoms. The maximum Gasteiger partial charge on any atom is 0.317 e. The Kier molecular flexibility index (Phi) is 6.49. The molecule has 0 aliphatic heterocycles. The SMILES string of the molecule is CCN(C)C(=O)NCCC(=O)NC(C)C. The van der Waals surface area contributed by atoms with Gasteiger partial charge in [-0.05, 0) is 20.8 Å². The van der Waals surface area contributed by atoms with Crippen LogP contribution in [0.4, 0.5) is 4.79 Å². The van der Waals surface area contributed by atoms with Crippen LogP contribution in [0.15, 0.2) is 0 Å². The quantitative estimate of drug-likeness (QED) is 0.704. The number of rotatable bonds is 5. The first kappa shape index (κ1) is 13.7.